The number of carbonyl (C=O) groups excluding carboxylic acids is 1. The second kappa shape index (κ2) is 15.7. The molecule has 0 spiro atoms. The van der Waals surface area contributed by atoms with E-state index in [0.717, 1.165) is 12.8 Å². The van der Waals surface area contributed by atoms with Crippen molar-refractivity contribution in [2.45, 2.75) is 96.8 Å². The van der Waals surface area contributed by atoms with Crippen LogP contribution in [0.25, 0.3) is 0 Å². The summed E-state index contributed by atoms with van der Waals surface area (Å²) in [5.74, 6) is -2.66. The van der Waals surface area contributed by atoms with Crippen molar-refractivity contribution in [3.05, 3.63) is 11.5 Å². The smallest absolute Gasteiger partial charge is 0.410 e. The van der Waals surface area contributed by atoms with E-state index in [2.05, 4.69) is 11.8 Å². The second-order valence-electron chi connectivity index (χ2n) is 6.17. The summed E-state index contributed by atoms with van der Waals surface area (Å²) in [5.41, 5.74) is 0. The molecule has 0 fully saturated rings. The quantitative estimate of drug-likeness (QED) is 0.116. The molecule has 0 aliphatic rings. The van der Waals surface area contributed by atoms with Crippen LogP contribution in [0.15, 0.2) is 11.5 Å². The first-order chi connectivity index (χ1) is 11.1. The summed E-state index contributed by atoms with van der Waals surface area (Å²) >= 11 is 0. The SMILES string of the molecule is CCCCCCCCCCCCCCCC(O)=C(O)C(=O)OO. The topological polar surface area (TPSA) is 87.0 Å². The minimum atomic E-state index is -1.32. The summed E-state index contributed by atoms with van der Waals surface area (Å²) in [4.78, 5) is 14.1. The molecule has 0 aliphatic heterocycles. The van der Waals surface area contributed by atoms with Crippen LogP contribution in [0.1, 0.15) is 96.8 Å². The number of allylic oxidation sites excluding steroid dienone is 1. The molecule has 5 heteroatoms. The Morgan fingerprint density at radius 1 is 0.739 bits per heavy atom. The van der Waals surface area contributed by atoms with E-state index in [1.807, 2.05) is 0 Å². The first kappa shape index (κ1) is 21.8. The van der Waals surface area contributed by atoms with E-state index in [0.29, 0.717) is 6.42 Å². The van der Waals surface area contributed by atoms with Crippen LogP contribution in [0.2, 0.25) is 0 Å². The summed E-state index contributed by atoms with van der Waals surface area (Å²) in [6.07, 6.45) is 16.2. The van der Waals surface area contributed by atoms with Crippen LogP contribution >= 0.6 is 0 Å². The first-order valence-corrected chi connectivity index (χ1v) is 9.10. The van der Waals surface area contributed by atoms with Crippen LogP contribution in [0.5, 0.6) is 0 Å². The van der Waals surface area contributed by atoms with Crippen LogP contribution in [0, 0.1) is 0 Å². The highest BCUT2D eigenvalue weighted by molar-refractivity contribution is 5.85. The van der Waals surface area contributed by atoms with E-state index in [1.165, 1.54) is 64.2 Å². The van der Waals surface area contributed by atoms with Crippen LogP contribution < -0.4 is 0 Å². The molecule has 0 saturated carbocycles. The number of rotatable bonds is 15. The van der Waals surface area contributed by atoms with Crippen molar-refractivity contribution < 1.29 is 25.2 Å². The summed E-state index contributed by atoms with van der Waals surface area (Å²) < 4.78 is 0. The molecule has 0 atom stereocenters. The average Bonchev–Trinajstić information content (AvgIpc) is 2.57. The molecule has 0 aromatic carbocycles. The summed E-state index contributed by atoms with van der Waals surface area (Å²) in [5, 5.41) is 26.7. The van der Waals surface area contributed by atoms with E-state index in [-0.39, 0.29) is 6.42 Å². The minimum absolute atomic E-state index is 0.221. The molecule has 0 aliphatic carbocycles. The van der Waals surface area contributed by atoms with Crippen molar-refractivity contribution in [2.24, 2.45) is 0 Å². The number of carbonyl (C=O) groups is 1. The van der Waals surface area contributed by atoms with Gasteiger partial charge in [-0.15, -0.1) is 0 Å². The standard InChI is InChI=1S/C18H34O5/c1-2-3-4-5-6-7-8-9-10-11-12-13-14-15-16(19)17(20)18(21)23-22/h19-20,22H,2-15H2,1H3. The third-order valence-electron chi connectivity index (χ3n) is 4.07. The average molecular weight is 330 g/mol. The van der Waals surface area contributed by atoms with Crippen LogP contribution in [0.4, 0.5) is 0 Å². The van der Waals surface area contributed by atoms with Gasteiger partial charge >= 0.3 is 5.97 Å². The lowest BCUT2D eigenvalue weighted by molar-refractivity contribution is -0.232. The number of aliphatic hydroxyl groups is 2. The molecule has 0 saturated heterocycles. The fraction of sp³-hybridized carbons (Fsp3) is 0.833. The van der Waals surface area contributed by atoms with Gasteiger partial charge in [-0.05, 0) is 6.42 Å². The fourth-order valence-electron chi connectivity index (χ4n) is 2.59. The Balaban J connectivity index is 3.35. The lowest BCUT2D eigenvalue weighted by atomic mass is 10.0. The Hall–Kier alpha value is -1.23. The number of aliphatic hydroxyl groups excluding tert-OH is 2. The number of hydrogen-bond acceptors (Lipinski definition) is 5. The Kier molecular flexibility index (Phi) is 14.8. The van der Waals surface area contributed by atoms with Crippen molar-refractivity contribution in [1.82, 2.24) is 0 Å². The van der Waals surface area contributed by atoms with Crippen LogP contribution in [0.3, 0.4) is 0 Å². The zero-order chi connectivity index (χ0) is 17.3. The Morgan fingerprint density at radius 2 is 1.13 bits per heavy atom. The highest BCUT2D eigenvalue weighted by atomic mass is 17.1. The Morgan fingerprint density at radius 3 is 1.52 bits per heavy atom. The Labute approximate surface area is 140 Å². The van der Waals surface area contributed by atoms with Gasteiger partial charge in [-0.1, -0.05) is 84.0 Å². The second-order valence-corrected chi connectivity index (χ2v) is 6.17. The van der Waals surface area contributed by atoms with Gasteiger partial charge in [0.1, 0.15) is 5.76 Å². The molecule has 0 radical (unpaired) electrons. The van der Waals surface area contributed by atoms with Crippen molar-refractivity contribution >= 4 is 5.97 Å². The van der Waals surface area contributed by atoms with E-state index in [1.54, 1.807) is 0 Å². The molecule has 0 heterocycles. The predicted molar refractivity (Wildman–Crippen MR) is 91.3 cm³/mol. The molecule has 5 nitrogen and oxygen atoms in total. The van der Waals surface area contributed by atoms with Crippen LogP contribution in [-0.4, -0.2) is 21.4 Å². The van der Waals surface area contributed by atoms with Gasteiger partial charge in [0.15, 0.2) is 0 Å². The van der Waals surface area contributed by atoms with Crippen LogP contribution in [-0.2, 0) is 9.68 Å². The minimum Gasteiger partial charge on any atom is -0.508 e. The van der Waals surface area contributed by atoms with E-state index in [9.17, 15) is 15.0 Å². The van der Waals surface area contributed by atoms with Gasteiger partial charge < -0.3 is 10.2 Å². The van der Waals surface area contributed by atoms with Crippen molar-refractivity contribution in [3.63, 3.8) is 0 Å². The highest BCUT2D eigenvalue weighted by Gasteiger charge is 2.14. The molecular weight excluding hydrogens is 296 g/mol. The largest absolute Gasteiger partial charge is 0.508 e. The monoisotopic (exact) mass is 330 g/mol. The number of hydrogen-bond donors (Lipinski definition) is 3. The van der Waals surface area contributed by atoms with Gasteiger partial charge in [0.25, 0.3) is 0 Å². The lowest BCUT2D eigenvalue weighted by Crippen LogP contribution is -2.07. The molecule has 3 N–H and O–H groups in total. The first-order valence-electron chi connectivity index (χ1n) is 9.10. The van der Waals surface area contributed by atoms with E-state index < -0.39 is 17.5 Å². The molecule has 0 aromatic rings. The maximum Gasteiger partial charge on any atom is 0.410 e. The van der Waals surface area contributed by atoms with Gasteiger partial charge in [0.05, 0.1) is 0 Å². The molecular formula is C18H34O5. The zero-order valence-electron chi connectivity index (χ0n) is 14.6. The van der Waals surface area contributed by atoms with Gasteiger partial charge in [0, 0.05) is 6.42 Å². The summed E-state index contributed by atoms with van der Waals surface area (Å²) in [7, 11) is 0. The molecule has 0 rings (SSSR count). The summed E-state index contributed by atoms with van der Waals surface area (Å²) in [6.45, 7) is 2.24. The maximum atomic E-state index is 10.7. The van der Waals surface area contributed by atoms with Crippen molar-refractivity contribution in [2.75, 3.05) is 0 Å². The lowest BCUT2D eigenvalue weighted by Gasteiger charge is -2.04. The van der Waals surface area contributed by atoms with Crippen molar-refractivity contribution in [1.29, 1.82) is 0 Å². The molecule has 23 heavy (non-hydrogen) atoms. The molecule has 0 amide bonds. The highest BCUT2D eigenvalue weighted by Crippen LogP contribution is 2.15. The van der Waals surface area contributed by atoms with Gasteiger partial charge in [-0.25, -0.2) is 4.79 Å². The van der Waals surface area contributed by atoms with Gasteiger partial charge in [0.2, 0.25) is 5.76 Å². The van der Waals surface area contributed by atoms with Crippen molar-refractivity contribution in [3.8, 4) is 0 Å². The Bertz CT molecular complexity index is 325. The fourth-order valence-corrected chi connectivity index (χ4v) is 2.59. The van der Waals surface area contributed by atoms with E-state index >= 15 is 0 Å². The normalized spacial score (nSPS) is 12.1. The van der Waals surface area contributed by atoms with Gasteiger partial charge in [-0.2, -0.15) is 5.26 Å². The molecule has 0 aromatic heterocycles. The summed E-state index contributed by atoms with van der Waals surface area (Å²) in [6, 6.07) is 0. The maximum absolute atomic E-state index is 10.7. The third-order valence-corrected chi connectivity index (χ3v) is 4.07. The molecule has 0 unspecified atom stereocenters. The predicted octanol–water partition coefficient (Wildman–Crippen LogP) is 5.81. The number of unbranched alkanes of at least 4 members (excludes halogenated alkanes) is 12. The van der Waals surface area contributed by atoms with Gasteiger partial charge in [-0.3, -0.25) is 4.89 Å². The molecule has 136 valence electrons. The zero-order valence-corrected chi connectivity index (χ0v) is 14.6. The van der Waals surface area contributed by atoms with E-state index in [4.69, 9.17) is 5.26 Å². The third kappa shape index (κ3) is 13.0. The molecule has 0 bridgehead atoms.